The fraction of sp³-hybridized carbons (Fsp3) is 0.808. The van der Waals surface area contributed by atoms with Crippen molar-refractivity contribution in [3.05, 3.63) is 0 Å². The second-order valence-corrected chi connectivity index (χ2v) is 21.8. The smallest absolute Gasteiger partial charge is 0.326 e. The Morgan fingerprint density at radius 3 is 1.19 bits per heavy atom. The van der Waals surface area contributed by atoms with E-state index in [1.165, 1.54) is 6.42 Å². The molecule has 0 aromatic rings. The number of aliphatic carboxylic acids is 3. The Balaban J connectivity index is 6.27. The van der Waals surface area contributed by atoms with Gasteiger partial charge in [-0.05, 0) is 74.0 Å². The predicted octanol–water partition coefficient (Wildman–Crippen LogP) is 4.17. The quantitative estimate of drug-likeness (QED) is 0.0385. The van der Waals surface area contributed by atoms with Crippen LogP contribution in [0.2, 0.25) is 0 Å². The Bertz CT molecular complexity index is 1770. The molecule has 420 valence electrons. The highest BCUT2D eigenvalue weighted by molar-refractivity contribution is 5.98. The molecule has 0 saturated carbocycles. The molecule has 0 radical (unpaired) electrons. The normalized spacial score (nSPS) is 15.3. The molecule has 0 heterocycles. The maximum atomic E-state index is 14.1. The van der Waals surface area contributed by atoms with Gasteiger partial charge in [0.25, 0.3) is 0 Å². The van der Waals surface area contributed by atoms with E-state index in [4.69, 9.17) is 0 Å². The number of hydrogen-bond acceptors (Lipinski definition) is 11. The Kier molecular flexibility index (Phi) is 33.1. The lowest BCUT2D eigenvalue weighted by atomic mass is 9.98. The standard InChI is InChI=1S/C52H93N7O14/c1-13-34(12)19-17-15-14-16-18-20-35(60)27-42(61)53-36(21-22-43(62)63)46(66)54-37(23-29(2)3)47(67)56-39(25-31(6)7)50(70)59-45(33(10)11)51(71)57-40(28-44(64)65)49(69)55-38(24-30(4)5)48(68)58-41(52(72)73)26-32(8)9/h29-41,45,60H,13-28H2,1-12H3,(H,53,61)(H,54,66)(H,55,69)(H,56,67)(H,57,71)(H,58,68)(H,59,70)(H,62,63)(H,64,65)(H,72,73). The summed E-state index contributed by atoms with van der Waals surface area (Å²) < 4.78 is 0. The maximum absolute atomic E-state index is 14.1. The second kappa shape index (κ2) is 35.7. The van der Waals surface area contributed by atoms with Gasteiger partial charge >= 0.3 is 17.9 Å². The van der Waals surface area contributed by atoms with Gasteiger partial charge < -0.3 is 57.6 Å². The first-order valence-corrected chi connectivity index (χ1v) is 26.4. The van der Waals surface area contributed by atoms with Crippen LogP contribution in [0.15, 0.2) is 0 Å². The molecule has 0 spiro atoms. The number of amides is 7. The van der Waals surface area contributed by atoms with Gasteiger partial charge in [0.2, 0.25) is 41.4 Å². The van der Waals surface area contributed by atoms with Gasteiger partial charge in [-0.1, -0.05) is 128 Å². The number of rotatable bonds is 39. The summed E-state index contributed by atoms with van der Waals surface area (Å²) in [4.78, 5) is 131. The lowest BCUT2D eigenvalue weighted by Gasteiger charge is -2.29. The van der Waals surface area contributed by atoms with Crippen LogP contribution in [0.4, 0.5) is 0 Å². The summed E-state index contributed by atoms with van der Waals surface area (Å²) in [5.41, 5.74) is 0. The molecular weight excluding hydrogens is 947 g/mol. The molecule has 0 aliphatic rings. The summed E-state index contributed by atoms with van der Waals surface area (Å²) in [7, 11) is 0. The first-order chi connectivity index (χ1) is 34.0. The van der Waals surface area contributed by atoms with Crippen molar-refractivity contribution < 1.29 is 68.4 Å². The predicted molar refractivity (Wildman–Crippen MR) is 275 cm³/mol. The van der Waals surface area contributed by atoms with Crippen LogP contribution in [0, 0.1) is 35.5 Å². The van der Waals surface area contributed by atoms with E-state index in [-0.39, 0.29) is 62.2 Å². The number of nitrogens with one attached hydrogen (secondary N) is 7. The van der Waals surface area contributed by atoms with Crippen molar-refractivity contribution in [2.75, 3.05) is 0 Å². The molecule has 0 aliphatic carbocycles. The van der Waals surface area contributed by atoms with Gasteiger partial charge in [-0.2, -0.15) is 0 Å². The molecule has 0 fully saturated rings. The van der Waals surface area contributed by atoms with Crippen molar-refractivity contribution in [3.63, 3.8) is 0 Å². The highest BCUT2D eigenvalue weighted by Crippen LogP contribution is 2.17. The fourth-order valence-corrected chi connectivity index (χ4v) is 8.04. The van der Waals surface area contributed by atoms with E-state index < -0.39 is 126 Å². The number of carboxylic acid groups (broad SMARTS) is 3. The van der Waals surface area contributed by atoms with Gasteiger partial charge in [-0.3, -0.25) is 43.2 Å². The first-order valence-electron chi connectivity index (χ1n) is 26.4. The SMILES string of the molecule is CCC(C)CCCCCCCC(O)CC(=O)NC(CCC(=O)O)C(=O)NC(CC(C)C)C(=O)NC(CC(C)C)C(=O)NC(C(=O)NC(CC(=O)O)C(=O)NC(CC(C)C)C(=O)NC(CC(C)C)C(=O)O)C(C)C. The summed E-state index contributed by atoms with van der Waals surface area (Å²) in [6.07, 6.45) is 4.75. The minimum Gasteiger partial charge on any atom is -0.481 e. The highest BCUT2D eigenvalue weighted by Gasteiger charge is 2.36. The van der Waals surface area contributed by atoms with Crippen molar-refractivity contribution in [3.8, 4) is 0 Å². The van der Waals surface area contributed by atoms with Crippen LogP contribution in [0.3, 0.4) is 0 Å². The van der Waals surface area contributed by atoms with Crippen molar-refractivity contribution in [2.45, 2.75) is 234 Å². The summed E-state index contributed by atoms with van der Waals surface area (Å²) in [6, 6.07) is -9.65. The van der Waals surface area contributed by atoms with E-state index in [1.807, 2.05) is 0 Å². The van der Waals surface area contributed by atoms with Gasteiger partial charge in [0.15, 0.2) is 0 Å². The molecule has 0 bridgehead atoms. The second-order valence-electron chi connectivity index (χ2n) is 21.8. The third kappa shape index (κ3) is 30.5. The lowest BCUT2D eigenvalue weighted by Crippen LogP contribution is -2.61. The van der Waals surface area contributed by atoms with Crippen molar-refractivity contribution in [1.82, 2.24) is 37.2 Å². The Morgan fingerprint density at radius 1 is 0.397 bits per heavy atom. The van der Waals surface area contributed by atoms with Crippen LogP contribution >= 0.6 is 0 Å². The summed E-state index contributed by atoms with van der Waals surface area (Å²) in [5, 5.41) is 57.2. The van der Waals surface area contributed by atoms with Gasteiger partial charge in [-0.15, -0.1) is 0 Å². The molecule has 0 saturated heterocycles. The summed E-state index contributed by atoms with van der Waals surface area (Å²) >= 11 is 0. The van der Waals surface area contributed by atoms with E-state index >= 15 is 0 Å². The Hall–Kier alpha value is -5.34. The number of carboxylic acids is 3. The Morgan fingerprint density at radius 2 is 0.781 bits per heavy atom. The monoisotopic (exact) mass is 1040 g/mol. The summed E-state index contributed by atoms with van der Waals surface area (Å²) in [6.45, 7) is 21.8. The van der Waals surface area contributed by atoms with E-state index in [9.17, 15) is 68.4 Å². The highest BCUT2D eigenvalue weighted by atomic mass is 16.4. The Labute approximate surface area is 433 Å². The van der Waals surface area contributed by atoms with Gasteiger partial charge in [0.1, 0.15) is 42.3 Å². The molecule has 21 heteroatoms. The molecule has 0 aliphatic heterocycles. The molecule has 11 N–H and O–H groups in total. The molecule has 0 aromatic carbocycles. The minimum absolute atomic E-state index is 0.0423. The van der Waals surface area contributed by atoms with E-state index in [0.29, 0.717) is 18.8 Å². The lowest BCUT2D eigenvalue weighted by molar-refractivity contribution is -0.143. The topological polar surface area (TPSA) is 336 Å². The van der Waals surface area contributed by atoms with E-state index in [1.54, 1.807) is 69.2 Å². The maximum Gasteiger partial charge on any atom is 0.326 e. The summed E-state index contributed by atoms with van der Waals surface area (Å²) in [5.74, 6) is -10.6. The molecule has 21 nitrogen and oxygen atoms in total. The zero-order valence-corrected chi connectivity index (χ0v) is 45.8. The molecule has 0 rings (SSSR count). The number of aliphatic hydroxyl groups is 1. The van der Waals surface area contributed by atoms with Gasteiger partial charge in [0, 0.05) is 6.42 Å². The zero-order chi connectivity index (χ0) is 56.1. The van der Waals surface area contributed by atoms with Crippen molar-refractivity contribution in [2.24, 2.45) is 35.5 Å². The first kappa shape index (κ1) is 67.7. The number of aliphatic hydroxyl groups excluding tert-OH is 1. The molecular formula is C52H93N7O14. The van der Waals surface area contributed by atoms with Crippen LogP contribution in [-0.2, 0) is 47.9 Å². The largest absolute Gasteiger partial charge is 0.481 e. The van der Waals surface area contributed by atoms with Crippen LogP contribution < -0.4 is 37.2 Å². The molecule has 9 unspecified atom stereocenters. The third-order valence-corrected chi connectivity index (χ3v) is 12.3. The number of carbonyl (C=O) groups is 10. The van der Waals surface area contributed by atoms with Crippen LogP contribution in [0.5, 0.6) is 0 Å². The average Bonchev–Trinajstić information content (AvgIpc) is 3.26. The van der Waals surface area contributed by atoms with E-state index in [0.717, 1.165) is 32.1 Å². The van der Waals surface area contributed by atoms with Gasteiger partial charge in [-0.25, -0.2) is 4.79 Å². The van der Waals surface area contributed by atoms with E-state index in [2.05, 4.69) is 51.1 Å². The molecule has 9 atom stereocenters. The fourth-order valence-electron chi connectivity index (χ4n) is 8.04. The molecule has 0 aromatic heterocycles. The van der Waals surface area contributed by atoms with Crippen LogP contribution in [0.25, 0.3) is 0 Å². The van der Waals surface area contributed by atoms with Crippen LogP contribution in [0.1, 0.15) is 186 Å². The third-order valence-electron chi connectivity index (χ3n) is 12.3. The average molecular weight is 1040 g/mol. The van der Waals surface area contributed by atoms with Gasteiger partial charge in [0.05, 0.1) is 18.9 Å². The number of unbranched alkanes of at least 4 members (excludes halogenated alkanes) is 4. The van der Waals surface area contributed by atoms with Crippen molar-refractivity contribution in [1.29, 1.82) is 0 Å². The number of carbonyl (C=O) groups excluding carboxylic acids is 7. The van der Waals surface area contributed by atoms with Crippen LogP contribution in [-0.4, -0.2) is 128 Å². The number of hydrogen-bond donors (Lipinski definition) is 11. The molecule has 7 amide bonds. The minimum atomic E-state index is -1.75. The van der Waals surface area contributed by atoms with Crippen molar-refractivity contribution >= 4 is 59.3 Å². The zero-order valence-electron chi connectivity index (χ0n) is 45.8. The molecule has 73 heavy (non-hydrogen) atoms.